The third-order valence-electron chi connectivity index (χ3n) is 2.80. The Labute approximate surface area is 99.1 Å². The Bertz CT molecular complexity index is 457. The molecule has 0 saturated carbocycles. The molecule has 90 valence electrons. The molecule has 0 aromatic heterocycles. The number of hydrazone groups is 1. The standard InChI is InChI=1S/C11H15N5O/c12-11(16-13)15-10(17)9-6-14-5-7-3-1-2-4-8(7)9/h1-4,9,14H,5-6,13H2,(H3,12,15,16,17). The zero-order valence-electron chi connectivity index (χ0n) is 9.31. The lowest BCUT2D eigenvalue weighted by Crippen LogP contribution is -2.44. The molecule has 6 nitrogen and oxygen atoms in total. The van der Waals surface area contributed by atoms with Crippen molar-refractivity contribution < 1.29 is 4.79 Å². The highest BCUT2D eigenvalue weighted by molar-refractivity contribution is 5.99. The molecule has 1 aliphatic heterocycles. The van der Waals surface area contributed by atoms with E-state index in [0.29, 0.717) is 6.54 Å². The van der Waals surface area contributed by atoms with Crippen molar-refractivity contribution in [1.29, 1.82) is 0 Å². The SMILES string of the molecule is N/N=C(\N)NC(=O)C1CNCc2ccccc21. The van der Waals surface area contributed by atoms with E-state index in [4.69, 9.17) is 11.6 Å². The molecule has 17 heavy (non-hydrogen) atoms. The number of amides is 1. The van der Waals surface area contributed by atoms with Gasteiger partial charge in [-0.3, -0.25) is 10.1 Å². The number of rotatable bonds is 1. The van der Waals surface area contributed by atoms with Crippen molar-refractivity contribution in [2.24, 2.45) is 16.7 Å². The summed E-state index contributed by atoms with van der Waals surface area (Å²) in [7, 11) is 0. The molecule has 6 heteroatoms. The van der Waals surface area contributed by atoms with Gasteiger partial charge in [0.1, 0.15) is 0 Å². The second-order valence-electron chi connectivity index (χ2n) is 3.89. The largest absolute Gasteiger partial charge is 0.368 e. The van der Waals surface area contributed by atoms with Gasteiger partial charge in [0, 0.05) is 13.1 Å². The molecule has 0 aliphatic carbocycles. The van der Waals surface area contributed by atoms with Gasteiger partial charge in [0.2, 0.25) is 11.9 Å². The van der Waals surface area contributed by atoms with Crippen LogP contribution in [0.25, 0.3) is 0 Å². The lowest BCUT2D eigenvalue weighted by atomic mass is 9.90. The summed E-state index contributed by atoms with van der Waals surface area (Å²) in [6, 6.07) is 7.83. The van der Waals surface area contributed by atoms with Crippen LogP contribution in [0.5, 0.6) is 0 Å². The number of nitrogens with two attached hydrogens (primary N) is 2. The Morgan fingerprint density at radius 2 is 2.24 bits per heavy atom. The van der Waals surface area contributed by atoms with Crippen molar-refractivity contribution in [1.82, 2.24) is 10.6 Å². The van der Waals surface area contributed by atoms with Crippen molar-refractivity contribution in [3.05, 3.63) is 35.4 Å². The van der Waals surface area contributed by atoms with Crippen molar-refractivity contribution in [3.63, 3.8) is 0 Å². The quantitative estimate of drug-likeness (QED) is 0.220. The van der Waals surface area contributed by atoms with E-state index >= 15 is 0 Å². The van der Waals surface area contributed by atoms with E-state index in [1.807, 2.05) is 24.3 Å². The molecule has 1 aromatic carbocycles. The van der Waals surface area contributed by atoms with Crippen LogP contribution in [0.1, 0.15) is 17.0 Å². The normalized spacial score (nSPS) is 19.5. The number of carbonyl (C=O) groups is 1. The number of nitrogens with zero attached hydrogens (tertiary/aromatic N) is 1. The number of guanidine groups is 1. The van der Waals surface area contributed by atoms with Crippen LogP contribution in [-0.4, -0.2) is 18.4 Å². The minimum atomic E-state index is -0.264. The topological polar surface area (TPSA) is 106 Å². The lowest BCUT2D eigenvalue weighted by molar-refractivity contribution is -0.121. The molecule has 1 heterocycles. The Morgan fingerprint density at radius 3 is 3.00 bits per heavy atom. The summed E-state index contributed by atoms with van der Waals surface area (Å²) in [5.74, 6) is 4.44. The van der Waals surface area contributed by atoms with E-state index in [2.05, 4.69) is 15.7 Å². The number of carbonyl (C=O) groups excluding carboxylic acids is 1. The zero-order chi connectivity index (χ0) is 12.3. The molecule has 0 radical (unpaired) electrons. The summed E-state index contributed by atoms with van der Waals surface area (Å²) in [5.41, 5.74) is 7.52. The third kappa shape index (κ3) is 2.36. The molecule has 1 aliphatic rings. The molecule has 1 amide bonds. The molecule has 1 unspecified atom stereocenters. The van der Waals surface area contributed by atoms with E-state index in [0.717, 1.165) is 17.7 Å². The van der Waals surface area contributed by atoms with Gasteiger partial charge in [0.25, 0.3) is 0 Å². The average Bonchev–Trinajstić information content (AvgIpc) is 2.37. The van der Waals surface area contributed by atoms with Gasteiger partial charge in [-0.2, -0.15) is 0 Å². The van der Waals surface area contributed by atoms with Crippen LogP contribution in [0.2, 0.25) is 0 Å². The Morgan fingerprint density at radius 1 is 1.47 bits per heavy atom. The number of hydrogen-bond donors (Lipinski definition) is 4. The predicted octanol–water partition coefficient (Wildman–Crippen LogP) is -0.822. The molecule has 0 fully saturated rings. The number of nitrogens with one attached hydrogen (secondary N) is 2. The van der Waals surface area contributed by atoms with Crippen LogP contribution in [0.3, 0.4) is 0 Å². The average molecular weight is 233 g/mol. The molecule has 1 atom stereocenters. The fraction of sp³-hybridized carbons (Fsp3) is 0.273. The molecule has 0 saturated heterocycles. The van der Waals surface area contributed by atoms with E-state index in [1.165, 1.54) is 0 Å². The van der Waals surface area contributed by atoms with E-state index < -0.39 is 0 Å². The van der Waals surface area contributed by atoms with Crippen LogP contribution in [0, 0.1) is 0 Å². The van der Waals surface area contributed by atoms with Crippen molar-refractivity contribution in [3.8, 4) is 0 Å². The van der Waals surface area contributed by atoms with Gasteiger partial charge in [-0.1, -0.05) is 24.3 Å². The number of benzene rings is 1. The van der Waals surface area contributed by atoms with Crippen LogP contribution >= 0.6 is 0 Å². The van der Waals surface area contributed by atoms with Gasteiger partial charge in [-0.15, -0.1) is 5.10 Å². The first-order valence-electron chi connectivity index (χ1n) is 5.35. The summed E-state index contributed by atoms with van der Waals surface area (Å²) >= 11 is 0. The second-order valence-corrected chi connectivity index (χ2v) is 3.89. The molecular formula is C11H15N5O. The van der Waals surface area contributed by atoms with Crippen molar-refractivity contribution in [2.45, 2.75) is 12.5 Å². The molecule has 6 N–H and O–H groups in total. The Balaban J connectivity index is 2.21. The van der Waals surface area contributed by atoms with E-state index in [1.54, 1.807) is 0 Å². The van der Waals surface area contributed by atoms with Crippen LogP contribution in [-0.2, 0) is 11.3 Å². The molecule has 0 spiro atoms. The maximum atomic E-state index is 12.0. The van der Waals surface area contributed by atoms with Crippen LogP contribution in [0.15, 0.2) is 29.4 Å². The van der Waals surface area contributed by atoms with Gasteiger partial charge >= 0.3 is 0 Å². The maximum Gasteiger partial charge on any atom is 0.235 e. The minimum Gasteiger partial charge on any atom is -0.368 e. The fourth-order valence-electron chi connectivity index (χ4n) is 1.98. The Hall–Kier alpha value is -2.08. The summed E-state index contributed by atoms with van der Waals surface area (Å²) < 4.78 is 0. The first kappa shape index (κ1) is 11.4. The number of fused-ring (bicyclic) bond motifs is 1. The minimum absolute atomic E-state index is 0.0712. The Kier molecular flexibility index (Phi) is 3.24. The first-order chi connectivity index (χ1) is 8.22. The third-order valence-corrected chi connectivity index (χ3v) is 2.80. The highest BCUT2D eigenvalue weighted by Crippen LogP contribution is 2.23. The summed E-state index contributed by atoms with van der Waals surface area (Å²) in [6.07, 6.45) is 0. The number of hydrogen-bond acceptors (Lipinski definition) is 4. The molecule has 2 rings (SSSR count). The predicted molar refractivity (Wildman–Crippen MR) is 64.8 cm³/mol. The smallest absolute Gasteiger partial charge is 0.235 e. The molecule has 1 aromatic rings. The molecular weight excluding hydrogens is 218 g/mol. The summed E-state index contributed by atoms with van der Waals surface area (Å²) in [5, 5.41) is 8.88. The van der Waals surface area contributed by atoms with Gasteiger partial charge in [-0.25, -0.2) is 0 Å². The van der Waals surface area contributed by atoms with E-state index in [9.17, 15) is 4.79 Å². The van der Waals surface area contributed by atoms with Crippen LogP contribution < -0.4 is 22.2 Å². The van der Waals surface area contributed by atoms with E-state index in [-0.39, 0.29) is 17.8 Å². The van der Waals surface area contributed by atoms with Gasteiger partial charge in [-0.05, 0) is 11.1 Å². The van der Waals surface area contributed by atoms with Gasteiger partial charge in [0.05, 0.1) is 5.92 Å². The summed E-state index contributed by atoms with van der Waals surface area (Å²) in [6.45, 7) is 1.36. The first-order valence-corrected chi connectivity index (χ1v) is 5.35. The zero-order valence-corrected chi connectivity index (χ0v) is 9.31. The lowest BCUT2D eigenvalue weighted by Gasteiger charge is -2.25. The van der Waals surface area contributed by atoms with Crippen molar-refractivity contribution in [2.75, 3.05) is 6.54 Å². The highest BCUT2D eigenvalue weighted by Gasteiger charge is 2.26. The van der Waals surface area contributed by atoms with Gasteiger partial charge < -0.3 is 16.9 Å². The highest BCUT2D eigenvalue weighted by atomic mass is 16.2. The van der Waals surface area contributed by atoms with Crippen molar-refractivity contribution >= 4 is 11.9 Å². The summed E-state index contributed by atoms with van der Waals surface area (Å²) in [4.78, 5) is 12.0. The van der Waals surface area contributed by atoms with Gasteiger partial charge in [0.15, 0.2) is 0 Å². The second kappa shape index (κ2) is 4.84. The maximum absolute atomic E-state index is 12.0. The monoisotopic (exact) mass is 233 g/mol. The van der Waals surface area contributed by atoms with Crippen LogP contribution in [0.4, 0.5) is 0 Å². The molecule has 0 bridgehead atoms. The fourth-order valence-corrected chi connectivity index (χ4v) is 1.98.